The predicted molar refractivity (Wildman–Crippen MR) is 96.2 cm³/mol. The smallest absolute Gasteiger partial charge is 0.182 e. The van der Waals surface area contributed by atoms with E-state index in [9.17, 15) is 4.79 Å². The van der Waals surface area contributed by atoms with E-state index >= 15 is 0 Å². The molecule has 0 N–H and O–H groups in total. The predicted octanol–water partition coefficient (Wildman–Crippen LogP) is 3.18. The number of ketones is 1. The van der Waals surface area contributed by atoms with Crippen LogP contribution in [-0.4, -0.2) is 53.6 Å². The van der Waals surface area contributed by atoms with Crippen molar-refractivity contribution in [2.75, 3.05) is 37.3 Å². The van der Waals surface area contributed by atoms with E-state index in [1.807, 2.05) is 38.1 Å². The number of nitrogens with zero attached hydrogens (tertiary/aromatic N) is 1. The van der Waals surface area contributed by atoms with Crippen molar-refractivity contribution in [1.29, 1.82) is 0 Å². The molecule has 0 atom stereocenters. The molecule has 22 heavy (non-hydrogen) atoms. The third-order valence-electron chi connectivity index (χ3n) is 4.02. The molecule has 0 radical (unpaired) electrons. The molecule has 1 aliphatic rings. The monoisotopic (exact) mass is 417 g/mol. The summed E-state index contributed by atoms with van der Waals surface area (Å²) < 4.78 is 12.1. The van der Waals surface area contributed by atoms with Crippen molar-refractivity contribution >= 4 is 28.4 Å². The maximum atomic E-state index is 12.8. The Kier molecular flexibility index (Phi) is 6.65. The van der Waals surface area contributed by atoms with E-state index in [0.29, 0.717) is 13.2 Å². The number of ether oxygens (including phenoxy) is 2. The number of hydrogen-bond acceptors (Lipinski definition) is 4. The summed E-state index contributed by atoms with van der Waals surface area (Å²) in [4.78, 5) is 15.0. The van der Waals surface area contributed by atoms with Gasteiger partial charge in [0.1, 0.15) is 5.75 Å². The topological polar surface area (TPSA) is 38.8 Å². The first-order valence-electron chi connectivity index (χ1n) is 7.72. The number of halogens is 1. The fourth-order valence-corrected chi connectivity index (χ4v) is 2.88. The molecule has 1 aromatic carbocycles. The fourth-order valence-electron chi connectivity index (χ4n) is 2.57. The van der Waals surface area contributed by atoms with Gasteiger partial charge in [-0.05, 0) is 44.5 Å². The van der Waals surface area contributed by atoms with Crippen LogP contribution in [0, 0.1) is 0 Å². The maximum Gasteiger partial charge on any atom is 0.182 e. The summed E-state index contributed by atoms with van der Waals surface area (Å²) in [6.45, 7) is 7.69. The molecule has 5 heteroatoms. The maximum absolute atomic E-state index is 12.8. The second-order valence-electron chi connectivity index (χ2n) is 5.90. The van der Waals surface area contributed by atoms with Crippen molar-refractivity contribution in [3.8, 4) is 5.75 Å². The molecule has 0 aromatic heterocycles. The van der Waals surface area contributed by atoms with E-state index in [0.717, 1.165) is 41.9 Å². The second-order valence-corrected chi connectivity index (χ2v) is 6.98. The number of Topliss-reactive ketones (excluding diaryl/α,β-unsaturated/α-hetero) is 1. The highest BCUT2D eigenvalue weighted by molar-refractivity contribution is 14.1. The SMILES string of the molecule is CC(C)(C(=O)c1ccc(OCCCI)cc1)N1CCOCC1. The van der Waals surface area contributed by atoms with Crippen molar-refractivity contribution < 1.29 is 14.3 Å². The minimum atomic E-state index is -0.507. The average molecular weight is 417 g/mol. The summed E-state index contributed by atoms with van der Waals surface area (Å²) in [6.07, 6.45) is 1.03. The highest BCUT2D eigenvalue weighted by atomic mass is 127. The summed E-state index contributed by atoms with van der Waals surface area (Å²) in [5.74, 6) is 0.971. The van der Waals surface area contributed by atoms with E-state index < -0.39 is 5.54 Å². The van der Waals surface area contributed by atoms with Gasteiger partial charge in [-0.15, -0.1) is 0 Å². The lowest BCUT2D eigenvalue weighted by Gasteiger charge is -2.39. The molecule has 0 bridgehead atoms. The van der Waals surface area contributed by atoms with Crippen LogP contribution >= 0.6 is 22.6 Å². The zero-order valence-electron chi connectivity index (χ0n) is 13.3. The first-order chi connectivity index (χ1) is 10.6. The lowest BCUT2D eigenvalue weighted by Crippen LogP contribution is -2.54. The Bertz CT molecular complexity index is 481. The van der Waals surface area contributed by atoms with E-state index in [1.54, 1.807) is 0 Å². The first kappa shape index (κ1) is 17.7. The van der Waals surface area contributed by atoms with E-state index in [2.05, 4.69) is 27.5 Å². The second kappa shape index (κ2) is 8.26. The molecule has 1 saturated heterocycles. The van der Waals surface area contributed by atoms with Crippen LogP contribution in [0.3, 0.4) is 0 Å². The van der Waals surface area contributed by atoms with E-state index in [-0.39, 0.29) is 5.78 Å². The zero-order valence-corrected chi connectivity index (χ0v) is 15.5. The van der Waals surface area contributed by atoms with Gasteiger partial charge >= 0.3 is 0 Å². The fraction of sp³-hybridized carbons (Fsp3) is 0.588. The summed E-state index contributed by atoms with van der Waals surface area (Å²) in [5.41, 5.74) is 0.227. The molecule has 4 nitrogen and oxygen atoms in total. The molecular formula is C17H24INO3. The number of alkyl halides is 1. The highest BCUT2D eigenvalue weighted by Gasteiger charge is 2.35. The zero-order chi connectivity index (χ0) is 16.0. The molecule has 122 valence electrons. The van der Waals surface area contributed by atoms with Gasteiger partial charge < -0.3 is 9.47 Å². The Balaban J connectivity index is 2.01. The van der Waals surface area contributed by atoms with Crippen LogP contribution in [0.1, 0.15) is 30.6 Å². The Morgan fingerprint density at radius 3 is 2.50 bits per heavy atom. The van der Waals surface area contributed by atoms with Gasteiger partial charge in [-0.25, -0.2) is 0 Å². The van der Waals surface area contributed by atoms with Gasteiger partial charge in [-0.1, -0.05) is 22.6 Å². The van der Waals surface area contributed by atoms with Gasteiger partial charge in [0.15, 0.2) is 5.78 Å². The number of carbonyl (C=O) groups is 1. The lowest BCUT2D eigenvalue weighted by atomic mass is 9.91. The van der Waals surface area contributed by atoms with Crippen molar-refractivity contribution in [2.45, 2.75) is 25.8 Å². The first-order valence-corrected chi connectivity index (χ1v) is 9.24. The minimum absolute atomic E-state index is 0.146. The quantitative estimate of drug-likeness (QED) is 0.296. The molecule has 0 amide bonds. The normalized spacial score (nSPS) is 16.5. The molecule has 1 aromatic rings. The largest absolute Gasteiger partial charge is 0.494 e. The van der Waals surface area contributed by atoms with Gasteiger partial charge in [-0.3, -0.25) is 9.69 Å². The Labute approximate surface area is 146 Å². The van der Waals surface area contributed by atoms with Gasteiger partial charge in [-0.2, -0.15) is 0 Å². The van der Waals surface area contributed by atoms with Crippen LogP contribution in [0.2, 0.25) is 0 Å². The van der Waals surface area contributed by atoms with Gasteiger partial charge in [0.2, 0.25) is 0 Å². The van der Waals surface area contributed by atoms with Crippen LogP contribution in [0.25, 0.3) is 0 Å². The number of carbonyl (C=O) groups excluding carboxylic acids is 1. The van der Waals surface area contributed by atoms with E-state index in [1.165, 1.54) is 0 Å². The molecule has 0 unspecified atom stereocenters. The summed E-state index contributed by atoms with van der Waals surface area (Å²) in [7, 11) is 0. The van der Waals surface area contributed by atoms with Crippen LogP contribution in [0.4, 0.5) is 0 Å². The van der Waals surface area contributed by atoms with Crippen molar-refractivity contribution in [1.82, 2.24) is 4.90 Å². The van der Waals surface area contributed by atoms with Crippen LogP contribution in [0.5, 0.6) is 5.75 Å². The summed E-state index contributed by atoms with van der Waals surface area (Å²) in [6, 6.07) is 7.50. The summed E-state index contributed by atoms with van der Waals surface area (Å²) >= 11 is 2.34. The minimum Gasteiger partial charge on any atom is -0.494 e. The number of rotatable bonds is 7. The Hall–Kier alpha value is -0.660. The lowest BCUT2D eigenvalue weighted by molar-refractivity contribution is -0.00429. The van der Waals surface area contributed by atoms with Gasteiger partial charge in [0.25, 0.3) is 0 Å². The molecule has 0 saturated carbocycles. The number of morpholine rings is 1. The van der Waals surface area contributed by atoms with E-state index in [4.69, 9.17) is 9.47 Å². The molecular weight excluding hydrogens is 393 g/mol. The standard InChI is InChI=1S/C17H24INO3/c1-17(2,19-9-12-21-13-10-19)16(20)14-4-6-15(7-5-14)22-11-3-8-18/h4-7H,3,8-13H2,1-2H3. The van der Waals surface area contributed by atoms with Crippen LogP contribution in [-0.2, 0) is 4.74 Å². The van der Waals surface area contributed by atoms with Crippen molar-refractivity contribution in [2.24, 2.45) is 0 Å². The van der Waals surface area contributed by atoms with Crippen LogP contribution in [0.15, 0.2) is 24.3 Å². The highest BCUT2D eigenvalue weighted by Crippen LogP contribution is 2.23. The number of benzene rings is 1. The molecule has 0 aliphatic carbocycles. The summed E-state index contributed by atoms with van der Waals surface area (Å²) in [5, 5.41) is 0. The molecule has 1 fully saturated rings. The van der Waals surface area contributed by atoms with Gasteiger partial charge in [0, 0.05) is 23.1 Å². The Morgan fingerprint density at radius 2 is 1.91 bits per heavy atom. The molecule has 0 spiro atoms. The third-order valence-corrected chi connectivity index (χ3v) is 4.78. The molecule has 1 heterocycles. The number of hydrogen-bond donors (Lipinski definition) is 0. The molecule has 1 aliphatic heterocycles. The molecule has 2 rings (SSSR count). The van der Waals surface area contributed by atoms with Gasteiger partial charge in [0.05, 0.1) is 25.4 Å². The average Bonchev–Trinajstić information content (AvgIpc) is 2.56. The van der Waals surface area contributed by atoms with Crippen molar-refractivity contribution in [3.05, 3.63) is 29.8 Å². The Morgan fingerprint density at radius 1 is 1.27 bits per heavy atom. The van der Waals surface area contributed by atoms with Crippen LogP contribution < -0.4 is 4.74 Å². The van der Waals surface area contributed by atoms with Crippen molar-refractivity contribution in [3.63, 3.8) is 0 Å². The third kappa shape index (κ3) is 4.43.